The van der Waals surface area contributed by atoms with Crippen molar-refractivity contribution in [1.29, 1.82) is 0 Å². The quantitative estimate of drug-likeness (QED) is 0.484. The lowest BCUT2D eigenvalue weighted by atomic mass is 10.4. The average Bonchev–Trinajstić information content (AvgIpc) is 2.53. The van der Waals surface area contributed by atoms with Crippen LogP contribution in [0.2, 0.25) is 0 Å². The second-order valence-electron chi connectivity index (χ2n) is 2.23. The van der Waals surface area contributed by atoms with Crippen molar-refractivity contribution in [3.8, 4) is 0 Å². The minimum atomic E-state index is -0.338. The van der Waals surface area contributed by atoms with Crippen LogP contribution in [0.5, 0.6) is 0 Å². The Labute approximate surface area is 55.8 Å². The average molecular weight is 133 g/mol. The summed E-state index contributed by atoms with van der Waals surface area (Å²) in [6.45, 7) is 5.06. The van der Waals surface area contributed by atoms with Gasteiger partial charge in [0.25, 0.3) is 0 Å². The zero-order valence-electron chi connectivity index (χ0n) is 6.00. The van der Waals surface area contributed by atoms with E-state index in [2.05, 4.69) is 6.92 Å². The molecule has 0 amide bonds. The van der Waals surface area contributed by atoms with E-state index >= 15 is 0 Å². The van der Waals surface area contributed by atoms with Crippen LogP contribution in [0.4, 0.5) is 0 Å². The minimum Gasteiger partial charge on any atom is -0.392 e. The summed E-state index contributed by atoms with van der Waals surface area (Å²) >= 11 is 0. The van der Waals surface area contributed by atoms with Crippen LogP contribution in [-0.2, 0) is 4.74 Å². The third kappa shape index (κ3) is 11.4. The molecule has 2 atom stereocenters. The minimum absolute atomic E-state index is 0.338. The highest BCUT2D eigenvalue weighted by Gasteiger charge is 2.13. The molecule has 0 saturated carbocycles. The first-order valence-corrected chi connectivity index (χ1v) is 3.16. The Morgan fingerprint density at radius 2 is 2.11 bits per heavy atom. The topological polar surface area (TPSA) is 58.8 Å². The third-order valence-corrected chi connectivity index (χ3v) is 0.841. The van der Waals surface area contributed by atoms with Crippen molar-refractivity contribution < 1.29 is 9.84 Å². The highest BCUT2D eigenvalue weighted by Crippen LogP contribution is 2.04. The summed E-state index contributed by atoms with van der Waals surface area (Å²) in [7, 11) is 0. The standard InChI is InChI=1S/C3H9NO.C3H6O/c1-3(5)2-4;1-3-2-4-3/h3,5H,2,4H2,1H3;3H,2H2,1H3. The molecule has 1 aliphatic heterocycles. The van der Waals surface area contributed by atoms with Gasteiger partial charge >= 0.3 is 0 Å². The van der Waals surface area contributed by atoms with Crippen molar-refractivity contribution >= 4 is 0 Å². The molecular formula is C6H15NO2. The van der Waals surface area contributed by atoms with Gasteiger partial charge in [-0.2, -0.15) is 0 Å². The molecule has 0 spiro atoms. The lowest BCUT2D eigenvalue weighted by molar-refractivity contribution is 0.203. The summed E-state index contributed by atoms with van der Waals surface area (Å²) < 4.78 is 4.71. The maximum atomic E-state index is 8.24. The first kappa shape index (κ1) is 8.88. The molecule has 0 bridgehead atoms. The number of ether oxygens (including phenoxy) is 1. The second-order valence-corrected chi connectivity index (χ2v) is 2.23. The molecule has 0 aromatic rings. The number of nitrogens with two attached hydrogens (primary N) is 1. The van der Waals surface area contributed by atoms with E-state index in [0.29, 0.717) is 12.6 Å². The van der Waals surface area contributed by atoms with Gasteiger partial charge in [-0.15, -0.1) is 0 Å². The largest absolute Gasteiger partial charge is 0.392 e. The van der Waals surface area contributed by atoms with Crippen LogP contribution in [-0.4, -0.2) is 30.5 Å². The summed E-state index contributed by atoms with van der Waals surface area (Å²) in [5.74, 6) is 0. The molecule has 2 unspecified atom stereocenters. The van der Waals surface area contributed by atoms with E-state index < -0.39 is 0 Å². The normalized spacial score (nSPS) is 26.0. The van der Waals surface area contributed by atoms with E-state index in [1.807, 2.05) is 0 Å². The maximum absolute atomic E-state index is 8.24. The lowest BCUT2D eigenvalue weighted by Gasteiger charge is -1.91. The molecule has 1 rings (SSSR count). The lowest BCUT2D eigenvalue weighted by Crippen LogP contribution is -2.14. The summed E-state index contributed by atoms with van der Waals surface area (Å²) in [5.41, 5.74) is 4.92. The zero-order valence-corrected chi connectivity index (χ0v) is 6.00. The number of rotatable bonds is 1. The van der Waals surface area contributed by atoms with Crippen molar-refractivity contribution in [2.24, 2.45) is 5.73 Å². The molecule has 3 N–H and O–H groups in total. The van der Waals surface area contributed by atoms with Gasteiger partial charge < -0.3 is 15.6 Å². The van der Waals surface area contributed by atoms with Crippen LogP contribution in [0.3, 0.4) is 0 Å². The summed E-state index contributed by atoms with van der Waals surface area (Å²) in [6.07, 6.45) is 0.245. The van der Waals surface area contributed by atoms with Crippen LogP contribution in [0.15, 0.2) is 0 Å². The van der Waals surface area contributed by atoms with Gasteiger partial charge in [-0.05, 0) is 13.8 Å². The summed E-state index contributed by atoms with van der Waals surface area (Å²) in [6, 6.07) is 0. The molecular weight excluding hydrogens is 118 g/mol. The Hall–Kier alpha value is -0.120. The van der Waals surface area contributed by atoms with Crippen LogP contribution in [0.1, 0.15) is 13.8 Å². The van der Waals surface area contributed by atoms with Gasteiger partial charge in [-0.1, -0.05) is 0 Å². The van der Waals surface area contributed by atoms with Gasteiger partial charge in [-0.3, -0.25) is 0 Å². The Balaban J connectivity index is 0.000000144. The van der Waals surface area contributed by atoms with Gasteiger partial charge in [-0.25, -0.2) is 0 Å². The van der Waals surface area contributed by atoms with Gasteiger partial charge in [0.1, 0.15) is 0 Å². The summed E-state index contributed by atoms with van der Waals surface area (Å²) in [4.78, 5) is 0. The maximum Gasteiger partial charge on any atom is 0.0781 e. The SMILES string of the molecule is CC(O)CN.CC1CO1. The van der Waals surface area contributed by atoms with Crippen molar-refractivity contribution in [3.05, 3.63) is 0 Å². The Kier molecular flexibility index (Phi) is 4.67. The van der Waals surface area contributed by atoms with E-state index in [4.69, 9.17) is 15.6 Å². The zero-order chi connectivity index (χ0) is 7.28. The predicted octanol–water partition coefficient (Wildman–Crippen LogP) is -0.269. The molecule has 0 radical (unpaired) electrons. The van der Waals surface area contributed by atoms with E-state index in [1.54, 1.807) is 6.92 Å². The van der Waals surface area contributed by atoms with Crippen LogP contribution in [0.25, 0.3) is 0 Å². The Morgan fingerprint density at radius 3 is 2.11 bits per heavy atom. The smallest absolute Gasteiger partial charge is 0.0781 e. The van der Waals surface area contributed by atoms with E-state index in [0.717, 1.165) is 6.61 Å². The number of hydrogen-bond acceptors (Lipinski definition) is 3. The molecule has 1 fully saturated rings. The fourth-order valence-electron chi connectivity index (χ4n) is 0.0962. The van der Waals surface area contributed by atoms with Crippen LogP contribution < -0.4 is 5.73 Å². The molecule has 0 aromatic carbocycles. The fraction of sp³-hybridized carbons (Fsp3) is 1.00. The molecule has 9 heavy (non-hydrogen) atoms. The molecule has 0 aromatic heterocycles. The third-order valence-electron chi connectivity index (χ3n) is 0.841. The first-order chi connectivity index (χ1) is 4.16. The first-order valence-electron chi connectivity index (χ1n) is 3.16. The van der Waals surface area contributed by atoms with Crippen molar-refractivity contribution in [2.45, 2.75) is 26.1 Å². The van der Waals surface area contributed by atoms with Gasteiger partial charge in [0.15, 0.2) is 0 Å². The predicted molar refractivity (Wildman–Crippen MR) is 36.1 cm³/mol. The van der Waals surface area contributed by atoms with Crippen molar-refractivity contribution in [3.63, 3.8) is 0 Å². The number of aliphatic hydroxyl groups excluding tert-OH is 1. The van der Waals surface area contributed by atoms with Crippen molar-refractivity contribution in [1.82, 2.24) is 0 Å². The molecule has 0 aliphatic carbocycles. The molecule has 56 valence electrons. The molecule has 1 saturated heterocycles. The highest BCUT2D eigenvalue weighted by molar-refractivity contribution is 4.58. The molecule has 3 nitrogen and oxygen atoms in total. The Bertz CT molecular complexity index is 62.1. The molecule has 3 heteroatoms. The Morgan fingerprint density at radius 1 is 1.89 bits per heavy atom. The molecule has 1 heterocycles. The fourth-order valence-corrected chi connectivity index (χ4v) is 0.0962. The van der Waals surface area contributed by atoms with Crippen LogP contribution in [0, 0.1) is 0 Å². The van der Waals surface area contributed by atoms with Crippen LogP contribution >= 0.6 is 0 Å². The van der Waals surface area contributed by atoms with Gasteiger partial charge in [0.2, 0.25) is 0 Å². The van der Waals surface area contributed by atoms with Gasteiger partial charge in [0, 0.05) is 6.54 Å². The second kappa shape index (κ2) is 4.73. The van der Waals surface area contributed by atoms with Gasteiger partial charge in [0.05, 0.1) is 18.8 Å². The van der Waals surface area contributed by atoms with E-state index in [-0.39, 0.29) is 6.10 Å². The van der Waals surface area contributed by atoms with E-state index in [1.165, 1.54) is 0 Å². The number of aliphatic hydroxyl groups is 1. The van der Waals surface area contributed by atoms with Crippen molar-refractivity contribution in [2.75, 3.05) is 13.2 Å². The van der Waals surface area contributed by atoms with E-state index in [9.17, 15) is 0 Å². The molecule has 1 aliphatic rings. The monoisotopic (exact) mass is 133 g/mol. The highest BCUT2D eigenvalue weighted by atomic mass is 16.6. The summed E-state index contributed by atoms with van der Waals surface area (Å²) in [5, 5.41) is 8.24. The number of hydrogen-bond donors (Lipinski definition) is 2. The number of epoxide rings is 1.